The molecule has 2 rings (SSSR count). The van der Waals surface area contributed by atoms with Crippen LogP contribution in [0.1, 0.15) is 39.2 Å². The van der Waals surface area contributed by atoms with Gasteiger partial charge in [0.15, 0.2) is 5.78 Å². The van der Waals surface area contributed by atoms with Crippen molar-refractivity contribution in [2.45, 2.75) is 46.1 Å². The van der Waals surface area contributed by atoms with Crippen LogP contribution in [0.2, 0.25) is 0 Å². The number of hydrogen-bond donors (Lipinski definition) is 2. The topological polar surface area (TPSA) is 44.9 Å². The maximum atomic E-state index is 12.8. The maximum absolute atomic E-state index is 12.8. The van der Waals surface area contributed by atoms with Gasteiger partial charge in [0.2, 0.25) is 0 Å². The van der Waals surface area contributed by atoms with E-state index in [9.17, 15) is 4.79 Å². The summed E-state index contributed by atoms with van der Waals surface area (Å²) in [6.45, 7) is 6.27. The number of aromatic nitrogens is 1. The first-order chi connectivity index (χ1) is 10.1. The van der Waals surface area contributed by atoms with Crippen molar-refractivity contribution in [2.24, 2.45) is 5.41 Å². The number of ketones is 1. The largest absolute Gasteiger partial charge is 0.361 e. The Balaban J connectivity index is 2.25. The van der Waals surface area contributed by atoms with Crippen LogP contribution < -0.4 is 5.32 Å². The monoisotopic (exact) mass is 286 g/mol. The molecule has 0 amide bonds. The highest BCUT2D eigenvalue weighted by Gasteiger charge is 2.34. The van der Waals surface area contributed by atoms with E-state index >= 15 is 0 Å². The molecule has 21 heavy (non-hydrogen) atoms. The zero-order chi connectivity index (χ0) is 15.5. The third kappa shape index (κ3) is 3.03. The number of benzene rings is 1. The number of para-hydroxylation sites is 1. The molecule has 1 unspecified atom stereocenters. The Labute approximate surface area is 127 Å². The molecule has 2 aromatic rings. The summed E-state index contributed by atoms with van der Waals surface area (Å²) >= 11 is 0. The summed E-state index contributed by atoms with van der Waals surface area (Å²) in [4.78, 5) is 16.1. The lowest BCUT2D eigenvalue weighted by Gasteiger charge is -2.29. The van der Waals surface area contributed by atoms with E-state index in [0.717, 1.165) is 24.8 Å². The van der Waals surface area contributed by atoms with E-state index in [1.54, 1.807) is 0 Å². The summed E-state index contributed by atoms with van der Waals surface area (Å²) in [5.41, 5.74) is 2.09. The van der Waals surface area contributed by atoms with Gasteiger partial charge in [-0.05, 0) is 37.9 Å². The van der Waals surface area contributed by atoms with Crippen LogP contribution in [-0.2, 0) is 11.2 Å². The van der Waals surface area contributed by atoms with Crippen LogP contribution in [0.4, 0.5) is 0 Å². The van der Waals surface area contributed by atoms with Crippen LogP contribution in [0.15, 0.2) is 30.5 Å². The van der Waals surface area contributed by atoms with Gasteiger partial charge in [-0.15, -0.1) is 0 Å². The lowest BCUT2D eigenvalue weighted by atomic mass is 9.76. The standard InChI is InChI=1S/C18H26N2O/c1-5-18(3,6-2)17(21)16(19-4)11-13-12-20-15-10-8-7-9-14(13)15/h7-10,12,16,19-20H,5-6,11H2,1-4H3. The normalized spacial score (nSPS) is 13.5. The number of Topliss-reactive ketones (excluding diaryl/α,β-unsaturated/α-hetero) is 1. The SMILES string of the molecule is CCC(C)(CC)C(=O)C(Cc1c[nH]c2ccccc12)NC. The molecule has 2 N–H and O–H groups in total. The summed E-state index contributed by atoms with van der Waals surface area (Å²) in [6.07, 6.45) is 4.52. The Morgan fingerprint density at radius 1 is 1.29 bits per heavy atom. The van der Waals surface area contributed by atoms with Gasteiger partial charge in [-0.3, -0.25) is 4.79 Å². The van der Waals surface area contributed by atoms with Gasteiger partial charge >= 0.3 is 0 Å². The maximum Gasteiger partial charge on any atom is 0.155 e. The van der Waals surface area contributed by atoms with Gasteiger partial charge in [0.25, 0.3) is 0 Å². The zero-order valence-electron chi connectivity index (χ0n) is 13.5. The third-order valence-corrected chi connectivity index (χ3v) is 4.92. The average molecular weight is 286 g/mol. The molecule has 0 radical (unpaired) electrons. The number of hydrogen-bond acceptors (Lipinski definition) is 2. The molecule has 3 nitrogen and oxygen atoms in total. The molecule has 0 aliphatic carbocycles. The number of aromatic amines is 1. The summed E-state index contributed by atoms with van der Waals surface area (Å²) < 4.78 is 0. The second-order valence-electron chi connectivity index (χ2n) is 6.04. The molecular formula is C18H26N2O. The number of H-pyrrole nitrogens is 1. The lowest BCUT2D eigenvalue weighted by Crippen LogP contribution is -2.44. The minimum atomic E-state index is -0.236. The summed E-state index contributed by atoms with van der Waals surface area (Å²) in [5, 5.41) is 4.42. The van der Waals surface area contributed by atoms with Gasteiger partial charge in [0.1, 0.15) is 0 Å². The van der Waals surface area contributed by atoms with Gasteiger partial charge < -0.3 is 10.3 Å². The minimum absolute atomic E-state index is 0.130. The number of likely N-dealkylation sites (N-methyl/N-ethyl adjacent to an activating group) is 1. The van der Waals surface area contributed by atoms with Gasteiger partial charge in [0.05, 0.1) is 6.04 Å². The zero-order valence-corrected chi connectivity index (χ0v) is 13.5. The summed E-state index contributed by atoms with van der Waals surface area (Å²) in [5.74, 6) is 0.320. The van der Waals surface area contributed by atoms with Gasteiger partial charge in [-0.1, -0.05) is 39.0 Å². The fourth-order valence-electron chi connectivity index (χ4n) is 2.87. The Hall–Kier alpha value is -1.61. The van der Waals surface area contributed by atoms with Crippen molar-refractivity contribution in [3.8, 4) is 0 Å². The predicted molar refractivity (Wildman–Crippen MR) is 88.5 cm³/mol. The molecule has 3 heteroatoms. The molecule has 0 aliphatic rings. The van der Waals surface area contributed by atoms with E-state index in [-0.39, 0.29) is 11.5 Å². The Morgan fingerprint density at radius 2 is 1.95 bits per heavy atom. The van der Waals surface area contributed by atoms with Gasteiger partial charge in [0, 0.05) is 22.5 Å². The van der Waals surface area contributed by atoms with Crippen molar-refractivity contribution in [1.82, 2.24) is 10.3 Å². The Morgan fingerprint density at radius 3 is 2.57 bits per heavy atom. The number of rotatable bonds is 7. The summed E-state index contributed by atoms with van der Waals surface area (Å²) in [6, 6.07) is 8.11. The van der Waals surface area contributed by atoms with Crippen LogP contribution >= 0.6 is 0 Å². The van der Waals surface area contributed by atoms with Crippen molar-refractivity contribution in [1.29, 1.82) is 0 Å². The van der Waals surface area contributed by atoms with Crippen molar-refractivity contribution in [3.63, 3.8) is 0 Å². The molecular weight excluding hydrogens is 260 g/mol. The average Bonchev–Trinajstić information content (AvgIpc) is 2.94. The first kappa shape index (κ1) is 15.8. The second kappa shape index (κ2) is 6.44. The second-order valence-corrected chi connectivity index (χ2v) is 6.04. The number of carbonyl (C=O) groups is 1. The lowest BCUT2D eigenvalue weighted by molar-refractivity contribution is -0.130. The molecule has 0 bridgehead atoms. The molecule has 114 valence electrons. The van der Waals surface area contributed by atoms with Gasteiger partial charge in [-0.25, -0.2) is 0 Å². The van der Waals surface area contributed by atoms with Crippen LogP contribution in [0.25, 0.3) is 10.9 Å². The molecule has 0 aliphatic heterocycles. The molecule has 1 heterocycles. The van der Waals surface area contributed by atoms with Crippen LogP contribution in [0.5, 0.6) is 0 Å². The molecule has 0 saturated carbocycles. The molecule has 0 fully saturated rings. The predicted octanol–water partition coefficient (Wildman–Crippen LogP) is 3.69. The van der Waals surface area contributed by atoms with E-state index in [2.05, 4.69) is 43.2 Å². The van der Waals surface area contributed by atoms with Crippen molar-refractivity contribution < 1.29 is 4.79 Å². The first-order valence-electron chi connectivity index (χ1n) is 7.82. The smallest absolute Gasteiger partial charge is 0.155 e. The minimum Gasteiger partial charge on any atom is -0.361 e. The highest BCUT2D eigenvalue weighted by atomic mass is 16.1. The van der Waals surface area contributed by atoms with E-state index in [0.29, 0.717) is 5.78 Å². The van der Waals surface area contributed by atoms with Crippen molar-refractivity contribution >= 4 is 16.7 Å². The van der Waals surface area contributed by atoms with Gasteiger partial charge in [-0.2, -0.15) is 0 Å². The highest BCUT2D eigenvalue weighted by molar-refractivity contribution is 5.91. The van der Waals surface area contributed by atoms with E-state index < -0.39 is 0 Å². The number of carbonyl (C=O) groups excluding carboxylic acids is 1. The summed E-state index contributed by atoms with van der Waals surface area (Å²) in [7, 11) is 1.88. The number of nitrogens with one attached hydrogen (secondary N) is 2. The fraction of sp³-hybridized carbons (Fsp3) is 0.500. The molecule has 1 aromatic carbocycles. The molecule has 0 spiro atoms. The Kier molecular flexibility index (Phi) is 4.84. The highest BCUT2D eigenvalue weighted by Crippen LogP contribution is 2.29. The fourth-order valence-corrected chi connectivity index (χ4v) is 2.87. The molecule has 1 aromatic heterocycles. The van der Waals surface area contributed by atoms with E-state index in [4.69, 9.17) is 0 Å². The van der Waals surface area contributed by atoms with E-state index in [1.807, 2.05) is 25.4 Å². The van der Waals surface area contributed by atoms with Crippen molar-refractivity contribution in [2.75, 3.05) is 7.05 Å². The first-order valence-corrected chi connectivity index (χ1v) is 7.82. The van der Waals surface area contributed by atoms with Crippen LogP contribution in [0, 0.1) is 5.41 Å². The molecule has 0 saturated heterocycles. The number of fused-ring (bicyclic) bond motifs is 1. The Bertz CT molecular complexity index is 610. The third-order valence-electron chi connectivity index (χ3n) is 4.92. The van der Waals surface area contributed by atoms with E-state index in [1.165, 1.54) is 10.9 Å². The van der Waals surface area contributed by atoms with Crippen LogP contribution in [0.3, 0.4) is 0 Å². The van der Waals surface area contributed by atoms with Crippen molar-refractivity contribution in [3.05, 3.63) is 36.0 Å². The molecule has 1 atom stereocenters. The van der Waals surface area contributed by atoms with Crippen LogP contribution in [-0.4, -0.2) is 23.9 Å². The quantitative estimate of drug-likeness (QED) is 0.815.